The van der Waals surface area contributed by atoms with E-state index in [1.807, 2.05) is 0 Å². The number of allylic oxidation sites excluding steroid dienone is 2. The van der Waals surface area contributed by atoms with Gasteiger partial charge in [-0.25, -0.2) is 0 Å². The number of ketones is 2. The Bertz CT molecular complexity index is 580. The molecule has 0 spiro atoms. The van der Waals surface area contributed by atoms with Gasteiger partial charge >= 0.3 is 0 Å². The van der Waals surface area contributed by atoms with Crippen molar-refractivity contribution in [1.82, 2.24) is 9.80 Å². The Morgan fingerprint density at radius 1 is 0.818 bits per heavy atom. The zero-order valence-corrected chi connectivity index (χ0v) is 13.1. The van der Waals surface area contributed by atoms with Crippen LogP contribution in [0.1, 0.15) is 20.7 Å². The van der Waals surface area contributed by atoms with Gasteiger partial charge in [0.2, 0.25) is 0 Å². The van der Waals surface area contributed by atoms with E-state index in [2.05, 4.69) is 0 Å². The highest BCUT2D eigenvalue weighted by Gasteiger charge is 2.16. The molecule has 2 N–H and O–H groups in total. The number of rotatable bonds is 6. The fourth-order valence-corrected chi connectivity index (χ4v) is 1.59. The van der Waals surface area contributed by atoms with Gasteiger partial charge < -0.3 is 20.0 Å². The van der Waals surface area contributed by atoms with Crippen LogP contribution in [0, 0.1) is 0 Å². The number of phenols is 2. The van der Waals surface area contributed by atoms with Gasteiger partial charge in [0.05, 0.1) is 11.1 Å². The van der Waals surface area contributed by atoms with Gasteiger partial charge in [0.1, 0.15) is 11.5 Å². The van der Waals surface area contributed by atoms with Crippen LogP contribution < -0.4 is 0 Å². The molecule has 0 heterocycles. The molecule has 0 saturated heterocycles. The van der Waals surface area contributed by atoms with E-state index >= 15 is 0 Å². The van der Waals surface area contributed by atoms with Crippen molar-refractivity contribution < 1.29 is 19.8 Å². The van der Waals surface area contributed by atoms with Crippen molar-refractivity contribution in [3.8, 4) is 11.5 Å². The molecule has 0 aliphatic rings. The third kappa shape index (κ3) is 4.66. The summed E-state index contributed by atoms with van der Waals surface area (Å²) >= 11 is 0. The molecule has 0 atom stereocenters. The van der Waals surface area contributed by atoms with Crippen molar-refractivity contribution in [1.29, 1.82) is 0 Å². The Balaban J connectivity index is 3.19. The van der Waals surface area contributed by atoms with Crippen molar-refractivity contribution in [3.63, 3.8) is 0 Å². The standard InChI is InChI=1S/C16H20N2O4/c1-17(2)7-5-13(19)11-9-12(16(22)10-15(11)21)14(20)6-8-18(3)4/h5-10,21-22H,1-4H3/b7-5+,8-6+. The van der Waals surface area contributed by atoms with Crippen molar-refractivity contribution in [3.05, 3.63) is 47.8 Å². The molecule has 1 aromatic carbocycles. The van der Waals surface area contributed by atoms with Gasteiger partial charge in [0, 0.05) is 58.8 Å². The van der Waals surface area contributed by atoms with E-state index in [1.165, 1.54) is 30.6 Å². The number of nitrogens with zero attached hydrogens (tertiary/aromatic N) is 2. The molecule has 0 saturated carbocycles. The first-order valence-electron chi connectivity index (χ1n) is 6.56. The van der Waals surface area contributed by atoms with E-state index in [0.29, 0.717) is 0 Å². The predicted octanol–water partition coefficient (Wildman–Crippen LogP) is 1.61. The first kappa shape index (κ1) is 17.3. The molecule has 118 valence electrons. The first-order chi connectivity index (χ1) is 10.2. The Hall–Kier alpha value is -2.76. The van der Waals surface area contributed by atoms with Crippen LogP contribution in [0.15, 0.2) is 36.7 Å². The third-order valence-corrected chi connectivity index (χ3v) is 2.69. The lowest BCUT2D eigenvalue weighted by atomic mass is 10.0. The second kappa shape index (κ2) is 7.31. The van der Waals surface area contributed by atoms with Crippen LogP contribution in [0.25, 0.3) is 0 Å². The van der Waals surface area contributed by atoms with E-state index in [1.54, 1.807) is 38.0 Å². The highest BCUT2D eigenvalue weighted by atomic mass is 16.3. The summed E-state index contributed by atoms with van der Waals surface area (Å²) in [7, 11) is 7.01. The molecular weight excluding hydrogens is 284 g/mol. The third-order valence-electron chi connectivity index (χ3n) is 2.69. The van der Waals surface area contributed by atoms with Gasteiger partial charge in [-0.2, -0.15) is 0 Å². The minimum absolute atomic E-state index is 0.0440. The molecule has 0 aliphatic carbocycles. The van der Waals surface area contributed by atoms with Crippen LogP contribution in [0.5, 0.6) is 11.5 Å². The summed E-state index contributed by atoms with van der Waals surface area (Å²) in [6, 6.07) is 2.18. The van der Waals surface area contributed by atoms with Crippen LogP contribution in [0.4, 0.5) is 0 Å². The number of carbonyl (C=O) groups excluding carboxylic acids is 2. The zero-order valence-electron chi connectivity index (χ0n) is 13.1. The van der Waals surface area contributed by atoms with E-state index in [4.69, 9.17) is 0 Å². The SMILES string of the molecule is CN(C)/C=C/C(=O)c1cc(C(=O)/C=C/N(C)C)c(O)cc1O. The zero-order chi connectivity index (χ0) is 16.9. The van der Waals surface area contributed by atoms with Crippen LogP contribution >= 0.6 is 0 Å². The molecule has 0 aliphatic heterocycles. The molecule has 0 amide bonds. The number of carbonyl (C=O) groups is 2. The molecule has 0 bridgehead atoms. The van der Waals surface area contributed by atoms with Gasteiger partial charge in [-0.05, 0) is 6.07 Å². The predicted molar refractivity (Wildman–Crippen MR) is 84.1 cm³/mol. The van der Waals surface area contributed by atoms with Crippen LogP contribution in [0.3, 0.4) is 0 Å². The fraction of sp³-hybridized carbons (Fsp3) is 0.250. The summed E-state index contributed by atoms with van der Waals surface area (Å²) in [5.74, 6) is -1.67. The van der Waals surface area contributed by atoms with Gasteiger partial charge in [0.25, 0.3) is 0 Å². The fourth-order valence-electron chi connectivity index (χ4n) is 1.59. The van der Waals surface area contributed by atoms with Crippen LogP contribution in [-0.4, -0.2) is 59.8 Å². The second-order valence-corrected chi connectivity index (χ2v) is 5.17. The normalized spacial score (nSPS) is 11.1. The quantitative estimate of drug-likeness (QED) is 0.614. The van der Waals surface area contributed by atoms with Crippen LogP contribution in [-0.2, 0) is 0 Å². The monoisotopic (exact) mass is 304 g/mol. The summed E-state index contributed by atoms with van der Waals surface area (Å²) in [5, 5.41) is 19.6. The summed E-state index contributed by atoms with van der Waals surface area (Å²) in [5.41, 5.74) is -0.0880. The van der Waals surface area contributed by atoms with E-state index in [9.17, 15) is 19.8 Å². The summed E-state index contributed by atoms with van der Waals surface area (Å²) < 4.78 is 0. The van der Waals surface area contributed by atoms with Crippen LogP contribution in [0.2, 0.25) is 0 Å². The first-order valence-corrected chi connectivity index (χ1v) is 6.56. The maximum absolute atomic E-state index is 12.0. The minimum Gasteiger partial charge on any atom is -0.507 e. The molecule has 1 rings (SSSR count). The largest absolute Gasteiger partial charge is 0.507 e. The van der Waals surface area contributed by atoms with Gasteiger partial charge in [0.15, 0.2) is 11.6 Å². The molecule has 1 aromatic rings. The summed E-state index contributed by atoms with van der Waals surface area (Å²) in [4.78, 5) is 27.4. The number of benzene rings is 1. The van der Waals surface area contributed by atoms with Crippen molar-refractivity contribution in [2.75, 3.05) is 28.2 Å². The molecule has 22 heavy (non-hydrogen) atoms. The number of aromatic hydroxyl groups is 2. The van der Waals surface area contributed by atoms with Gasteiger partial charge in [-0.15, -0.1) is 0 Å². The average molecular weight is 304 g/mol. The van der Waals surface area contributed by atoms with E-state index < -0.39 is 11.6 Å². The summed E-state index contributed by atoms with van der Waals surface area (Å²) in [6.45, 7) is 0. The molecule has 0 radical (unpaired) electrons. The Labute approximate surface area is 129 Å². The van der Waals surface area contributed by atoms with Gasteiger partial charge in [-0.3, -0.25) is 9.59 Å². The second-order valence-electron chi connectivity index (χ2n) is 5.17. The van der Waals surface area contributed by atoms with Gasteiger partial charge in [-0.1, -0.05) is 0 Å². The topological polar surface area (TPSA) is 81.1 Å². The average Bonchev–Trinajstić information content (AvgIpc) is 2.42. The lowest BCUT2D eigenvalue weighted by Gasteiger charge is -2.08. The van der Waals surface area contributed by atoms with E-state index in [0.717, 1.165) is 6.07 Å². The lowest BCUT2D eigenvalue weighted by Crippen LogP contribution is -2.06. The molecular formula is C16H20N2O4. The number of phenolic OH excluding ortho intramolecular Hbond substituents is 2. The smallest absolute Gasteiger partial charge is 0.191 e. The molecule has 0 unspecified atom stereocenters. The molecule has 0 aromatic heterocycles. The summed E-state index contributed by atoms with van der Waals surface area (Å²) in [6.07, 6.45) is 5.61. The highest BCUT2D eigenvalue weighted by Crippen LogP contribution is 2.28. The Kier molecular flexibility index (Phi) is 5.74. The molecule has 0 fully saturated rings. The minimum atomic E-state index is -0.461. The molecule has 6 heteroatoms. The van der Waals surface area contributed by atoms with E-state index in [-0.39, 0.29) is 22.6 Å². The van der Waals surface area contributed by atoms with Crippen molar-refractivity contribution >= 4 is 11.6 Å². The number of hydrogen-bond donors (Lipinski definition) is 2. The highest BCUT2D eigenvalue weighted by molar-refractivity contribution is 6.11. The van der Waals surface area contributed by atoms with Crippen molar-refractivity contribution in [2.24, 2.45) is 0 Å². The lowest BCUT2D eigenvalue weighted by molar-refractivity contribution is 0.104. The number of hydrogen-bond acceptors (Lipinski definition) is 6. The Morgan fingerprint density at radius 2 is 1.18 bits per heavy atom. The maximum Gasteiger partial charge on any atom is 0.191 e. The van der Waals surface area contributed by atoms with Crippen molar-refractivity contribution in [2.45, 2.75) is 0 Å². The maximum atomic E-state index is 12.0. The Morgan fingerprint density at radius 3 is 1.50 bits per heavy atom. The molecule has 6 nitrogen and oxygen atoms in total.